The number of rotatable bonds is 5. The zero-order valence-corrected chi connectivity index (χ0v) is 14.1. The van der Waals surface area contributed by atoms with Crippen LogP contribution in [-0.2, 0) is 4.79 Å². The lowest BCUT2D eigenvalue weighted by Gasteiger charge is -2.35. The van der Waals surface area contributed by atoms with Gasteiger partial charge < -0.3 is 16.0 Å². The van der Waals surface area contributed by atoms with Gasteiger partial charge in [-0.25, -0.2) is 0 Å². The van der Waals surface area contributed by atoms with Crippen molar-refractivity contribution < 1.29 is 4.79 Å². The molecule has 0 saturated carbocycles. The summed E-state index contributed by atoms with van der Waals surface area (Å²) in [5.41, 5.74) is 6.04. The van der Waals surface area contributed by atoms with E-state index in [2.05, 4.69) is 22.4 Å². The SMILES string of the molecule is CCC(C)C(N)C(=O)N1CCC(Nc2cccnn2)CC1.Cl. The summed E-state index contributed by atoms with van der Waals surface area (Å²) < 4.78 is 0. The molecule has 2 atom stereocenters. The number of aromatic nitrogens is 2. The minimum Gasteiger partial charge on any atom is -0.366 e. The van der Waals surface area contributed by atoms with E-state index in [4.69, 9.17) is 5.73 Å². The molecule has 1 aromatic heterocycles. The second-order valence-electron chi connectivity index (χ2n) is 5.76. The van der Waals surface area contributed by atoms with Gasteiger partial charge in [0.25, 0.3) is 0 Å². The van der Waals surface area contributed by atoms with E-state index in [1.807, 2.05) is 24.0 Å². The van der Waals surface area contributed by atoms with Gasteiger partial charge in [-0.3, -0.25) is 4.79 Å². The van der Waals surface area contributed by atoms with E-state index in [-0.39, 0.29) is 30.3 Å². The van der Waals surface area contributed by atoms with Crippen molar-refractivity contribution in [2.24, 2.45) is 11.7 Å². The molecule has 0 bridgehead atoms. The van der Waals surface area contributed by atoms with Gasteiger partial charge in [-0.1, -0.05) is 20.3 Å². The highest BCUT2D eigenvalue weighted by atomic mass is 35.5. The molecule has 0 aliphatic carbocycles. The van der Waals surface area contributed by atoms with Crippen molar-refractivity contribution in [3.05, 3.63) is 18.3 Å². The van der Waals surface area contributed by atoms with E-state index in [0.717, 1.165) is 38.2 Å². The quantitative estimate of drug-likeness (QED) is 0.859. The van der Waals surface area contributed by atoms with Gasteiger partial charge in [-0.2, -0.15) is 5.10 Å². The van der Waals surface area contributed by atoms with E-state index in [0.29, 0.717) is 6.04 Å². The first-order chi connectivity index (χ1) is 10.1. The molecule has 2 rings (SSSR count). The van der Waals surface area contributed by atoms with Crippen LogP contribution in [0.5, 0.6) is 0 Å². The van der Waals surface area contributed by atoms with Crippen molar-refractivity contribution in [3.63, 3.8) is 0 Å². The van der Waals surface area contributed by atoms with Crippen LogP contribution in [0.4, 0.5) is 5.82 Å². The summed E-state index contributed by atoms with van der Waals surface area (Å²) in [6.07, 6.45) is 4.41. The molecule has 1 aliphatic heterocycles. The Hall–Kier alpha value is -1.40. The minimum absolute atomic E-state index is 0. The Morgan fingerprint density at radius 3 is 2.73 bits per heavy atom. The van der Waals surface area contributed by atoms with Gasteiger partial charge in [0, 0.05) is 25.3 Å². The van der Waals surface area contributed by atoms with Gasteiger partial charge in [0.15, 0.2) is 0 Å². The predicted molar refractivity (Wildman–Crippen MR) is 89.9 cm³/mol. The Morgan fingerprint density at radius 2 is 2.18 bits per heavy atom. The van der Waals surface area contributed by atoms with Crippen LogP contribution >= 0.6 is 12.4 Å². The maximum atomic E-state index is 12.3. The lowest BCUT2D eigenvalue weighted by Crippen LogP contribution is -2.51. The van der Waals surface area contributed by atoms with Crippen molar-refractivity contribution in [2.75, 3.05) is 18.4 Å². The summed E-state index contributed by atoms with van der Waals surface area (Å²) in [7, 11) is 0. The Morgan fingerprint density at radius 1 is 1.50 bits per heavy atom. The number of nitrogens with two attached hydrogens (primary N) is 1. The summed E-state index contributed by atoms with van der Waals surface area (Å²) in [6.45, 7) is 5.60. The van der Waals surface area contributed by atoms with E-state index in [9.17, 15) is 4.79 Å². The number of nitrogens with one attached hydrogen (secondary N) is 1. The van der Waals surface area contributed by atoms with Crippen LogP contribution in [0, 0.1) is 5.92 Å². The second-order valence-corrected chi connectivity index (χ2v) is 5.76. The van der Waals surface area contributed by atoms with Gasteiger partial charge in [0.2, 0.25) is 5.91 Å². The fraction of sp³-hybridized carbons (Fsp3) is 0.667. The molecule has 7 heteroatoms. The number of piperidine rings is 1. The average Bonchev–Trinajstić information content (AvgIpc) is 2.54. The number of likely N-dealkylation sites (tertiary alicyclic amines) is 1. The van der Waals surface area contributed by atoms with Crippen LogP contribution in [0.3, 0.4) is 0 Å². The van der Waals surface area contributed by atoms with Gasteiger partial charge in [-0.05, 0) is 30.9 Å². The Bertz CT molecular complexity index is 451. The van der Waals surface area contributed by atoms with Gasteiger partial charge in [0.05, 0.1) is 6.04 Å². The molecule has 1 saturated heterocycles. The number of carbonyl (C=O) groups is 1. The lowest BCUT2D eigenvalue weighted by molar-refractivity contribution is -0.134. The van der Waals surface area contributed by atoms with Gasteiger partial charge in [-0.15, -0.1) is 17.5 Å². The van der Waals surface area contributed by atoms with E-state index >= 15 is 0 Å². The zero-order valence-electron chi connectivity index (χ0n) is 13.2. The predicted octanol–water partition coefficient (Wildman–Crippen LogP) is 1.67. The third-order valence-corrected chi connectivity index (χ3v) is 4.27. The van der Waals surface area contributed by atoms with Crippen LogP contribution in [0.1, 0.15) is 33.1 Å². The summed E-state index contributed by atoms with van der Waals surface area (Å²) in [6, 6.07) is 3.73. The minimum atomic E-state index is -0.375. The molecule has 0 radical (unpaired) electrons. The van der Waals surface area contributed by atoms with Crippen molar-refractivity contribution in [1.82, 2.24) is 15.1 Å². The van der Waals surface area contributed by atoms with Crippen LogP contribution < -0.4 is 11.1 Å². The number of nitrogens with zero attached hydrogens (tertiary/aromatic N) is 3. The average molecular weight is 328 g/mol. The Balaban J connectivity index is 0.00000242. The molecule has 22 heavy (non-hydrogen) atoms. The third kappa shape index (κ3) is 4.81. The van der Waals surface area contributed by atoms with Crippen LogP contribution in [0.2, 0.25) is 0 Å². The number of halogens is 1. The molecule has 0 aromatic carbocycles. The fourth-order valence-electron chi connectivity index (χ4n) is 2.54. The molecule has 1 aromatic rings. The summed E-state index contributed by atoms with van der Waals surface area (Å²) >= 11 is 0. The van der Waals surface area contributed by atoms with E-state index < -0.39 is 0 Å². The maximum absolute atomic E-state index is 12.3. The van der Waals surface area contributed by atoms with Gasteiger partial charge >= 0.3 is 0 Å². The molecule has 0 spiro atoms. The maximum Gasteiger partial charge on any atom is 0.239 e. The summed E-state index contributed by atoms with van der Waals surface area (Å²) in [4.78, 5) is 14.2. The first-order valence-corrected chi connectivity index (χ1v) is 7.70. The number of amides is 1. The number of hydrogen-bond donors (Lipinski definition) is 2. The lowest BCUT2D eigenvalue weighted by atomic mass is 9.97. The Kier molecular flexibility index (Phi) is 7.55. The van der Waals surface area contributed by atoms with Crippen molar-refractivity contribution >= 4 is 24.1 Å². The smallest absolute Gasteiger partial charge is 0.239 e. The molecular formula is C15H26ClN5O. The zero-order chi connectivity index (χ0) is 15.2. The topological polar surface area (TPSA) is 84.1 Å². The summed E-state index contributed by atoms with van der Waals surface area (Å²) in [5, 5.41) is 11.2. The van der Waals surface area contributed by atoms with Crippen LogP contribution in [0.25, 0.3) is 0 Å². The third-order valence-electron chi connectivity index (χ3n) is 4.27. The molecular weight excluding hydrogens is 302 g/mol. The molecule has 3 N–H and O–H groups in total. The molecule has 2 heterocycles. The normalized spacial score (nSPS) is 18.2. The molecule has 124 valence electrons. The van der Waals surface area contributed by atoms with Crippen molar-refractivity contribution in [1.29, 1.82) is 0 Å². The second kappa shape index (κ2) is 8.90. The standard InChI is InChI=1S/C15H25N5O.ClH/c1-3-11(2)14(16)15(21)20-9-6-12(7-10-20)18-13-5-4-8-17-19-13;/h4-5,8,11-12,14H,3,6-7,9-10,16H2,1-2H3,(H,18,19);1H. The largest absolute Gasteiger partial charge is 0.366 e. The van der Waals surface area contributed by atoms with Gasteiger partial charge in [0.1, 0.15) is 5.82 Å². The molecule has 1 fully saturated rings. The van der Waals surface area contributed by atoms with E-state index in [1.165, 1.54) is 0 Å². The highest BCUT2D eigenvalue weighted by Crippen LogP contribution is 2.17. The van der Waals surface area contributed by atoms with Crippen LogP contribution in [0.15, 0.2) is 18.3 Å². The molecule has 1 aliphatic rings. The molecule has 1 amide bonds. The molecule has 2 unspecified atom stereocenters. The first kappa shape index (κ1) is 18.6. The molecule has 6 nitrogen and oxygen atoms in total. The highest BCUT2D eigenvalue weighted by Gasteiger charge is 2.28. The van der Waals surface area contributed by atoms with Crippen molar-refractivity contribution in [2.45, 2.75) is 45.2 Å². The summed E-state index contributed by atoms with van der Waals surface area (Å²) in [5.74, 6) is 1.11. The van der Waals surface area contributed by atoms with E-state index in [1.54, 1.807) is 6.20 Å². The Labute approximate surface area is 138 Å². The van der Waals surface area contributed by atoms with Crippen LogP contribution in [-0.4, -0.2) is 46.2 Å². The van der Waals surface area contributed by atoms with Crippen molar-refractivity contribution in [3.8, 4) is 0 Å². The fourth-order valence-corrected chi connectivity index (χ4v) is 2.54. The number of carbonyl (C=O) groups excluding carboxylic acids is 1. The number of anilines is 1. The highest BCUT2D eigenvalue weighted by molar-refractivity contribution is 5.85. The number of hydrogen-bond acceptors (Lipinski definition) is 5. The first-order valence-electron chi connectivity index (χ1n) is 7.70. The monoisotopic (exact) mass is 327 g/mol.